The Balaban J connectivity index is 1.28. The number of anilines is 1. The molecule has 3 N–H and O–H groups in total. The second-order valence-electron chi connectivity index (χ2n) is 8.43. The number of hydrogen-bond acceptors (Lipinski definition) is 7. The number of aromatic amines is 1. The van der Waals surface area contributed by atoms with E-state index in [4.69, 9.17) is 10.5 Å². The maximum Gasteiger partial charge on any atom is 0.178 e. The standard InChI is InChI=1S/C24H26N8O/c1-31(2)7-8-33-21-6-5-18-9-16(3-4-19(18)11-21)14-32-15-17(13-26-32)10-20-12-22(25)27-24-23(20)28-30-29-24/h3-6,9,11-13,15H,7-8,10,14H2,1-2H3,(H3,25,27,28,29,30). The Labute approximate surface area is 191 Å². The van der Waals surface area contributed by atoms with Crippen molar-refractivity contribution < 1.29 is 4.74 Å². The van der Waals surface area contributed by atoms with Gasteiger partial charge in [-0.25, -0.2) is 10.1 Å². The molecule has 5 rings (SSSR count). The van der Waals surface area contributed by atoms with Crippen LogP contribution in [0.1, 0.15) is 16.7 Å². The summed E-state index contributed by atoms with van der Waals surface area (Å²) in [6.07, 6.45) is 4.58. The van der Waals surface area contributed by atoms with Crippen LogP contribution in [0.2, 0.25) is 0 Å². The number of pyridine rings is 1. The van der Waals surface area contributed by atoms with Gasteiger partial charge >= 0.3 is 0 Å². The average Bonchev–Trinajstić information content (AvgIpc) is 3.43. The molecule has 0 radical (unpaired) electrons. The number of nitrogens with zero attached hydrogens (tertiary/aromatic N) is 6. The minimum atomic E-state index is 0.443. The highest BCUT2D eigenvalue weighted by molar-refractivity contribution is 5.84. The number of hydrogen-bond donors (Lipinski definition) is 2. The van der Waals surface area contributed by atoms with Crippen molar-refractivity contribution in [2.75, 3.05) is 33.0 Å². The first-order chi connectivity index (χ1) is 16.0. The SMILES string of the molecule is CN(C)CCOc1ccc2cc(Cn3cc(Cc4cc(N)nc5[nH]nnc45)cn3)ccc2c1. The van der Waals surface area contributed by atoms with E-state index in [1.807, 2.05) is 37.1 Å². The monoisotopic (exact) mass is 442 g/mol. The van der Waals surface area contributed by atoms with Crippen LogP contribution < -0.4 is 10.5 Å². The number of nitrogens with two attached hydrogens (primary N) is 1. The van der Waals surface area contributed by atoms with Crippen LogP contribution >= 0.6 is 0 Å². The highest BCUT2D eigenvalue weighted by Crippen LogP contribution is 2.23. The molecule has 9 nitrogen and oxygen atoms in total. The summed E-state index contributed by atoms with van der Waals surface area (Å²) in [5.74, 6) is 1.34. The summed E-state index contributed by atoms with van der Waals surface area (Å²) < 4.78 is 7.80. The summed E-state index contributed by atoms with van der Waals surface area (Å²) in [4.78, 5) is 6.32. The molecule has 168 valence electrons. The zero-order chi connectivity index (χ0) is 22.8. The highest BCUT2D eigenvalue weighted by Gasteiger charge is 2.10. The van der Waals surface area contributed by atoms with Crippen molar-refractivity contribution in [1.29, 1.82) is 0 Å². The first kappa shape index (κ1) is 20.9. The number of fused-ring (bicyclic) bond motifs is 2. The second kappa shape index (κ2) is 8.87. The molecule has 33 heavy (non-hydrogen) atoms. The van der Waals surface area contributed by atoms with Gasteiger partial charge in [-0.2, -0.15) is 5.10 Å². The molecule has 0 saturated carbocycles. The van der Waals surface area contributed by atoms with E-state index in [2.05, 4.69) is 66.9 Å². The number of H-pyrrole nitrogens is 1. The van der Waals surface area contributed by atoms with Crippen molar-refractivity contribution >= 4 is 27.8 Å². The Morgan fingerprint density at radius 3 is 2.79 bits per heavy atom. The lowest BCUT2D eigenvalue weighted by Gasteiger charge is -2.11. The first-order valence-corrected chi connectivity index (χ1v) is 10.8. The lowest BCUT2D eigenvalue weighted by molar-refractivity contribution is 0.261. The van der Waals surface area contributed by atoms with Gasteiger partial charge in [0.1, 0.15) is 23.7 Å². The molecule has 0 amide bonds. The number of rotatable bonds is 8. The molecule has 0 aliphatic rings. The number of ether oxygens (including phenoxy) is 1. The normalized spacial score (nSPS) is 11.6. The minimum Gasteiger partial charge on any atom is -0.492 e. The van der Waals surface area contributed by atoms with E-state index >= 15 is 0 Å². The van der Waals surface area contributed by atoms with Gasteiger partial charge in [0.15, 0.2) is 5.65 Å². The maximum atomic E-state index is 5.92. The van der Waals surface area contributed by atoms with Crippen LogP contribution in [0.15, 0.2) is 54.9 Å². The molecule has 9 heteroatoms. The van der Waals surface area contributed by atoms with Crippen molar-refractivity contribution in [3.05, 3.63) is 71.5 Å². The van der Waals surface area contributed by atoms with E-state index in [0.29, 0.717) is 31.0 Å². The van der Waals surface area contributed by atoms with E-state index < -0.39 is 0 Å². The van der Waals surface area contributed by atoms with Crippen molar-refractivity contribution in [2.24, 2.45) is 0 Å². The van der Waals surface area contributed by atoms with Gasteiger partial charge in [-0.3, -0.25) is 4.68 Å². The highest BCUT2D eigenvalue weighted by atomic mass is 16.5. The summed E-state index contributed by atoms with van der Waals surface area (Å²) >= 11 is 0. The zero-order valence-electron chi connectivity index (χ0n) is 18.7. The Morgan fingerprint density at radius 1 is 1.06 bits per heavy atom. The van der Waals surface area contributed by atoms with Gasteiger partial charge in [-0.15, -0.1) is 5.10 Å². The van der Waals surface area contributed by atoms with Gasteiger partial charge in [0.05, 0.1) is 12.7 Å². The zero-order valence-corrected chi connectivity index (χ0v) is 18.7. The number of aromatic nitrogens is 6. The molecule has 3 aromatic heterocycles. The lowest BCUT2D eigenvalue weighted by Crippen LogP contribution is -2.19. The molecular weight excluding hydrogens is 416 g/mol. The van der Waals surface area contributed by atoms with Crippen LogP contribution in [0.5, 0.6) is 5.75 Å². The van der Waals surface area contributed by atoms with E-state index in [9.17, 15) is 0 Å². The quantitative estimate of drug-likeness (QED) is 0.380. The number of nitrogen functional groups attached to an aromatic ring is 1. The van der Waals surface area contributed by atoms with E-state index in [1.54, 1.807) is 0 Å². The predicted molar refractivity (Wildman–Crippen MR) is 128 cm³/mol. The van der Waals surface area contributed by atoms with Gasteiger partial charge in [0, 0.05) is 19.2 Å². The van der Waals surface area contributed by atoms with Gasteiger partial charge in [0.2, 0.25) is 0 Å². The summed E-state index contributed by atoms with van der Waals surface area (Å²) in [7, 11) is 4.08. The molecular formula is C24H26N8O. The Morgan fingerprint density at radius 2 is 1.91 bits per heavy atom. The summed E-state index contributed by atoms with van der Waals surface area (Å²) in [5.41, 5.74) is 10.5. The molecule has 5 aromatic rings. The second-order valence-corrected chi connectivity index (χ2v) is 8.43. The molecule has 0 saturated heterocycles. The topological polar surface area (TPSA) is 111 Å². The molecule has 0 aliphatic carbocycles. The van der Waals surface area contributed by atoms with Crippen molar-refractivity contribution in [3.63, 3.8) is 0 Å². The van der Waals surface area contributed by atoms with Gasteiger partial charge in [-0.05, 0) is 65.8 Å². The molecule has 0 fully saturated rings. The first-order valence-electron chi connectivity index (χ1n) is 10.8. The summed E-state index contributed by atoms with van der Waals surface area (Å²) in [6.45, 7) is 2.25. The van der Waals surface area contributed by atoms with Crippen molar-refractivity contribution in [1.82, 2.24) is 35.1 Å². The third-order valence-electron chi connectivity index (χ3n) is 5.51. The average molecular weight is 443 g/mol. The van der Waals surface area contributed by atoms with Gasteiger partial charge in [0.25, 0.3) is 0 Å². The van der Waals surface area contributed by atoms with Crippen LogP contribution in [0, 0.1) is 0 Å². The number of benzene rings is 2. The van der Waals surface area contributed by atoms with Gasteiger partial charge in [-0.1, -0.05) is 23.4 Å². The fourth-order valence-corrected chi connectivity index (χ4v) is 3.86. The third-order valence-corrected chi connectivity index (χ3v) is 5.51. The van der Waals surface area contributed by atoms with Crippen LogP contribution in [0.25, 0.3) is 21.9 Å². The van der Waals surface area contributed by atoms with Crippen LogP contribution in [0.4, 0.5) is 5.82 Å². The maximum absolute atomic E-state index is 5.92. The molecule has 0 aliphatic heterocycles. The van der Waals surface area contributed by atoms with Crippen molar-refractivity contribution in [3.8, 4) is 5.75 Å². The number of nitrogens with one attached hydrogen (secondary N) is 1. The minimum absolute atomic E-state index is 0.443. The Bertz CT molecular complexity index is 1400. The van der Waals surface area contributed by atoms with E-state index in [1.165, 1.54) is 10.9 Å². The molecule has 3 heterocycles. The molecule has 0 bridgehead atoms. The number of likely N-dealkylation sites (N-methyl/N-ethyl adjacent to an activating group) is 1. The van der Waals surface area contributed by atoms with E-state index in [0.717, 1.165) is 34.3 Å². The largest absolute Gasteiger partial charge is 0.492 e. The van der Waals surface area contributed by atoms with Crippen LogP contribution in [-0.4, -0.2) is 62.3 Å². The predicted octanol–water partition coefficient (Wildman–Crippen LogP) is 2.86. The lowest BCUT2D eigenvalue weighted by atomic mass is 10.1. The molecule has 0 unspecified atom stereocenters. The van der Waals surface area contributed by atoms with Crippen LogP contribution in [-0.2, 0) is 13.0 Å². The molecule has 0 atom stereocenters. The summed E-state index contributed by atoms with van der Waals surface area (Å²) in [5, 5.41) is 17.6. The molecule has 0 spiro atoms. The van der Waals surface area contributed by atoms with Crippen LogP contribution in [0.3, 0.4) is 0 Å². The fraction of sp³-hybridized carbons (Fsp3) is 0.250. The van der Waals surface area contributed by atoms with Crippen molar-refractivity contribution in [2.45, 2.75) is 13.0 Å². The van der Waals surface area contributed by atoms with E-state index in [-0.39, 0.29) is 0 Å². The fourth-order valence-electron chi connectivity index (χ4n) is 3.86. The van der Waals surface area contributed by atoms with Gasteiger partial charge < -0.3 is 15.4 Å². The molecule has 2 aromatic carbocycles. The smallest absolute Gasteiger partial charge is 0.178 e. The Kier molecular flexibility index (Phi) is 5.62. The third kappa shape index (κ3) is 4.78. The summed E-state index contributed by atoms with van der Waals surface area (Å²) in [6, 6.07) is 14.5. The Hall–Kier alpha value is -3.98.